The first-order valence-electron chi connectivity index (χ1n) is 11.0. The number of piperazine rings is 1. The van der Waals surface area contributed by atoms with Crippen molar-refractivity contribution in [2.24, 2.45) is 12.8 Å². The number of phenolic OH excluding ortho intramolecular Hbond substituents is 1. The number of nitrogens with two attached hydrogens (primary N) is 1. The van der Waals surface area contributed by atoms with Gasteiger partial charge in [-0.25, -0.2) is 9.97 Å². The van der Waals surface area contributed by atoms with Gasteiger partial charge in [-0.1, -0.05) is 0 Å². The zero-order valence-electron chi connectivity index (χ0n) is 19.1. The van der Waals surface area contributed by atoms with Gasteiger partial charge in [0.05, 0.1) is 16.6 Å². The average molecular weight is 446 g/mol. The lowest BCUT2D eigenvalue weighted by atomic mass is 10.0. The predicted octanol–water partition coefficient (Wildman–Crippen LogP) is 2.48. The maximum Gasteiger partial charge on any atom is 0.268 e. The predicted molar refractivity (Wildman–Crippen MR) is 128 cm³/mol. The van der Waals surface area contributed by atoms with Crippen LogP contribution >= 0.6 is 0 Å². The number of aromatic hydroxyl groups is 1. The molecule has 1 saturated heterocycles. The molecule has 2 aromatic heterocycles. The molecule has 1 fully saturated rings. The highest BCUT2D eigenvalue weighted by Gasteiger charge is 2.23. The molecule has 1 aliphatic rings. The third kappa shape index (κ3) is 3.64. The van der Waals surface area contributed by atoms with E-state index in [1.54, 1.807) is 17.7 Å². The van der Waals surface area contributed by atoms with Gasteiger partial charge in [-0.3, -0.25) is 9.48 Å². The van der Waals surface area contributed by atoms with Crippen molar-refractivity contribution in [3.8, 4) is 17.1 Å². The van der Waals surface area contributed by atoms with E-state index >= 15 is 0 Å². The molecule has 1 aliphatic heterocycles. The van der Waals surface area contributed by atoms with Gasteiger partial charge in [-0.15, -0.1) is 0 Å². The Hall–Kier alpha value is -3.72. The molecule has 0 bridgehead atoms. The van der Waals surface area contributed by atoms with E-state index in [0.717, 1.165) is 24.2 Å². The first-order valence-corrected chi connectivity index (χ1v) is 11.0. The fourth-order valence-electron chi connectivity index (χ4n) is 4.77. The summed E-state index contributed by atoms with van der Waals surface area (Å²) >= 11 is 0. The summed E-state index contributed by atoms with van der Waals surface area (Å²) < 4.78 is 1.69. The number of rotatable bonds is 3. The van der Waals surface area contributed by atoms with Gasteiger partial charge in [-0.2, -0.15) is 5.10 Å². The Balaban J connectivity index is 1.66. The third-order valence-electron chi connectivity index (χ3n) is 6.20. The molecule has 170 valence electrons. The summed E-state index contributed by atoms with van der Waals surface area (Å²) in [5, 5.41) is 20.2. The highest BCUT2D eigenvalue weighted by Crippen LogP contribution is 2.36. The summed E-state index contributed by atoms with van der Waals surface area (Å²) in [5.41, 5.74) is 9.23. The number of nitrogens with zero attached hydrogens (tertiary/aromatic N) is 5. The minimum atomic E-state index is -0.637. The van der Waals surface area contributed by atoms with Gasteiger partial charge in [0.1, 0.15) is 11.4 Å². The molecular weight excluding hydrogens is 418 g/mol. The Kier molecular flexibility index (Phi) is 4.93. The van der Waals surface area contributed by atoms with E-state index in [2.05, 4.69) is 39.1 Å². The summed E-state index contributed by atoms with van der Waals surface area (Å²) in [5.74, 6) is -0.349. The summed E-state index contributed by atoms with van der Waals surface area (Å²) in [6, 6.07) is 8.31. The molecule has 0 spiro atoms. The van der Waals surface area contributed by atoms with E-state index in [-0.39, 0.29) is 17.3 Å². The Morgan fingerprint density at radius 1 is 1.18 bits per heavy atom. The number of primary amides is 1. The van der Waals surface area contributed by atoms with E-state index in [1.807, 2.05) is 31.4 Å². The summed E-state index contributed by atoms with van der Waals surface area (Å²) in [7, 11) is 1.82. The number of anilines is 1. The van der Waals surface area contributed by atoms with Crippen LogP contribution in [0.3, 0.4) is 0 Å². The lowest BCUT2D eigenvalue weighted by Gasteiger charge is -2.37. The van der Waals surface area contributed by atoms with E-state index in [1.165, 1.54) is 0 Å². The number of aryl methyl sites for hydroxylation is 2. The topological polar surface area (TPSA) is 122 Å². The highest BCUT2D eigenvalue weighted by atomic mass is 16.3. The molecule has 4 aromatic rings. The minimum absolute atomic E-state index is 0.0383. The Bertz CT molecular complexity index is 1400. The molecule has 9 heteroatoms. The van der Waals surface area contributed by atoms with Crippen molar-refractivity contribution in [2.45, 2.75) is 32.9 Å². The highest BCUT2D eigenvalue weighted by molar-refractivity contribution is 6.05. The van der Waals surface area contributed by atoms with Crippen LogP contribution in [0.5, 0.6) is 5.75 Å². The van der Waals surface area contributed by atoms with Crippen LogP contribution in [0.2, 0.25) is 0 Å². The monoisotopic (exact) mass is 445 g/mol. The van der Waals surface area contributed by atoms with Crippen molar-refractivity contribution >= 4 is 33.4 Å². The number of hydrogen-bond acceptors (Lipinski definition) is 7. The van der Waals surface area contributed by atoms with Crippen LogP contribution in [0.4, 0.5) is 5.69 Å². The number of fused-ring (bicyclic) bond motifs is 2. The molecule has 9 nitrogen and oxygen atoms in total. The number of benzene rings is 2. The van der Waals surface area contributed by atoms with Crippen molar-refractivity contribution in [3.05, 3.63) is 41.7 Å². The first kappa shape index (κ1) is 21.1. The Morgan fingerprint density at radius 3 is 2.61 bits per heavy atom. The van der Waals surface area contributed by atoms with E-state index in [4.69, 9.17) is 5.73 Å². The summed E-state index contributed by atoms with van der Waals surface area (Å²) in [6.45, 7) is 7.83. The Labute approximate surface area is 191 Å². The maximum atomic E-state index is 12.4. The smallest absolute Gasteiger partial charge is 0.268 e. The second-order valence-electron chi connectivity index (χ2n) is 8.97. The molecule has 5 rings (SSSR count). The molecule has 4 N–H and O–H groups in total. The van der Waals surface area contributed by atoms with Crippen LogP contribution in [0.25, 0.3) is 33.2 Å². The molecule has 33 heavy (non-hydrogen) atoms. The molecule has 0 radical (unpaired) electrons. The summed E-state index contributed by atoms with van der Waals surface area (Å²) in [6.07, 6.45) is 1.86. The largest absolute Gasteiger partial charge is 0.507 e. The normalized spacial score (nSPS) is 18.8. The Morgan fingerprint density at radius 2 is 1.91 bits per heavy atom. The van der Waals surface area contributed by atoms with Gasteiger partial charge in [0, 0.05) is 60.4 Å². The van der Waals surface area contributed by atoms with Crippen LogP contribution < -0.4 is 16.0 Å². The second kappa shape index (κ2) is 7.70. The minimum Gasteiger partial charge on any atom is -0.507 e. The molecular formula is C24H27N7O2. The van der Waals surface area contributed by atoms with Gasteiger partial charge < -0.3 is 21.1 Å². The number of phenols is 1. The quantitative estimate of drug-likeness (QED) is 0.443. The fraction of sp³-hybridized carbons (Fsp3) is 0.333. The lowest BCUT2D eigenvalue weighted by molar-refractivity contribution is 0.0997. The van der Waals surface area contributed by atoms with Crippen LogP contribution in [0.15, 0.2) is 30.5 Å². The number of amides is 1. The van der Waals surface area contributed by atoms with Crippen molar-refractivity contribution < 1.29 is 9.90 Å². The van der Waals surface area contributed by atoms with Crippen LogP contribution in [-0.2, 0) is 7.05 Å². The van der Waals surface area contributed by atoms with Crippen LogP contribution in [0, 0.1) is 6.92 Å². The van der Waals surface area contributed by atoms with Crippen LogP contribution in [0.1, 0.15) is 29.9 Å². The van der Waals surface area contributed by atoms with Gasteiger partial charge in [0.2, 0.25) is 0 Å². The second-order valence-corrected chi connectivity index (χ2v) is 8.97. The molecule has 2 atom stereocenters. The van der Waals surface area contributed by atoms with Gasteiger partial charge in [-0.05, 0) is 45.0 Å². The van der Waals surface area contributed by atoms with Crippen molar-refractivity contribution in [2.75, 3.05) is 18.0 Å². The van der Waals surface area contributed by atoms with Crippen molar-refractivity contribution in [3.63, 3.8) is 0 Å². The zero-order valence-corrected chi connectivity index (χ0v) is 19.1. The lowest BCUT2D eigenvalue weighted by Crippen LogP contribution is -2.54. The molecule has 2 aromatic carbocycles. The molecule has 0 saturated carbocycles. The van der Waals surface area contributed by atoms with Gasteiger partial charge >= 0.3 is 0 Å². The van der Waals surface area contributed by atoms with Crippen LogP contribution in [-0.4, -0.2) is 55.9 Å². The van der Waals surface area contributed by atoms with Gasteiger partial charge in [0.25, 0.3) is 5.91 Å². The standard InChI is InChI=1S/C24H27N7O2/c1-12-9-31(10-13(2)26-12)16-5-6-19-17(8-16)21(23(25)33)28-24(27-19)18-7-15-11-30(4)29-20(15)14(3)22(18)32/h5-8,11-13,26,32H,9-10H2,1-4H3,(H2,25,33)/t12-,13-/m0/s1. The summed E-state index contributed by atoms with van der Waals surface area (Å²) in [4.78, 5) is 23.9. The number of carbonyl (C=O) groups excluding carboxylic acids is 1. The maximum absolute atomic E-state index is 12.4. The number of aromatic nitrogens is 4. The third-order valence-corrected chi connectivity index (χ3v) is 6.20. The number of carbonyl (C=O) groups is 1. The van der Waals surface area contributed by atoms with Crippen molar-refractivity contribution in [1.29, 1.82) is 0 Å². The van der Waals surface area contributed by atoms with E-state index in [9.17, 15) is 9.90 Å². The molecule has 1 amide bonds. The van der Waals surface area contributed by atoms with E-state index in [0.29, 0.717) is 39.6 Å². The first-order chi connectivity index (χ1) is 15.7. The number of hydrogen-bond donors (Lipinski definition) is 3. The van der Waals surface area contributed by atoms with E-state index < -0.39 is 5.91 Å². The van der Waals surface area contributed by atoms with Gasteiger partial charge in [0.15, 0.2) is 5.82 Å². The zero-order chi connectivity index (χ0) is 23.4. The fourth-order valence-corrected chi connectivity index (χ4v) is 4.77. The van der Waals surface area contributed by atoms with Crippen molar-refractivity contribution in [1.82, 2.24) is 25.1 Å². The molecule has 0 unspecified atom stereocenters. The SMILES string of the molecule is Cc1c(O)c(-c2nc(C(N)=O)c3cc(N4C[C@H](C)N[C@@H](C)C4)ccc3n2)cc2cn(C)nc12. The number of nitrogens with one attached hydrogen (secondary N) is 1. The molecule has 0 aliphatic carbocycles. The average Bonchev–Trinajstić information content (AvgIpc) is 3.15. The molecule has 3 heterocycles.